The van der Waals surface area contributed by atoms with Crippen LogP contribution in [0.4, 0.5) is 0 Å². The van der Waals surface area contributed by atoms with Crippen molar-refractivity contribution in [2.24, 2.45) is 10.7 Å². The Morgan fingerprint density at radius 3 is 2.79 bits per heavy atom. The first-order chi connectivity index (χ1) is 6.58. The van der Waals surface area contributed by atoms with Crippen LogP contribution >= 0.6 is 22.6 Å². The van der Waals surface area contributed by atoms with E-state index >= 15 is 0 Å². The minimum Gasteiger partial charge on any atom is -0.508 e. The first kappa shape index (κ1) is 11.3. The molecule has 0 aliphatic carbocycles. The first-order valence-electron chi connectivity index (χ1n) is 4.33. The molecule has 0 spiro atoms. The van der Waals surface area contributed by atoms with Crippen molar-refractivity contribution in [3.05, 3.63) is 27.3 Å². The van der Waals surface area contributed by atoms with Gasteiger partial charge in [-0.25, -0.2) is 0 Å². The average molecular weight is 308 g/mol. The summed E-state index contributed by atoms with van der Waals surface area (Å²) in [5.41, 5.74) is 6.50. The molecule has 0 fully saturated rings. The van der Waals surface area contributed by atoms with Gasteiger partial charge in [0.05, 0.1) is 5.84 Å². The van der Waals surface area contributed by atoms with Crippen LogP contribution in [0.1, 0.15) is 12.5 Å². The smallest absolute Gasteiger partial charge is 0.116 e. The number of phenolic OH excluding ortho intramolecular Hbond substituents is 1. The summed E-state index contributed by atoms with van der Waals surface area (Å²) in [5, 5.41) is 9.34. The van der Waals surface area contributed by atoms with E-state index in [0.717, 1.165) is 15.6 Å². The number of aromatic hydroxyl groups is 1. The monoisotopic (exact) mass is 308 g/mol. The molecule has 0 bridgehead atoms. The predicted molar refractivity (Wildman–Crippen MR) is 66.7 cm³/mol. The van der Waals surface area contributed by atoms with Crippen molar-refractivity contribution < 1.29 is 5.11 Å². The van der Waals surface area contributed by atoms with E-state index in [1.807, 2.05) is 6.07 Å². The number of benzene rings is 1. The highest BCUT2D eigenvalue weighted by molar-refractivity contribution is 14.1. The second-order valence-electron chi connectivity index (χ2n) is 3.09. The highest BCUT2D eigenvalue weighted by atomic mass is 131. The standard InChI is InChI=1S/C10H13IN2O/c1-7(12)13-3-2-8-4-9(11)6-10(14)5-8/h4-6,14H,2-3H2,1H3,(H2,12,13)/i11+4. The van der Waals surface area contributed by atoms with Gasteiger partial charge < -0.3 is 10.8 Å². The quantitative estimate of drug-likeness (QED) is 0.509. The summed E-state index contributed by atoms with van der Waals surface area (Å²) in [7, 11) is 0. The van der Waals surface area contributed by atoms with Gasteiger partial charge in [-0.15, -0.1) is 0 Å². The van der Waals surface area contributed by atoms with Gasteiger partial charge in [0.1, 0.15) is 5.75 Å². The van der Waals surface area contributed by atoms with Crippen LogP contribution in [-0.2, 0) is 6.42 Å². The van der Waals surface area contributed by atoms with E-state index < -0.39 is 0 Å². The Hall–Kier alpha value is -0.780. The molecule has 0 atom stereocenters. The van der Waals surface area contributed by atoms with E-state index in [1.54, 1.807) is 19.1 Å². The Kier molecular flexibility index (Phi) is 4.19. The fraction of sp³-hybridized carbons (Fsp3) is 0.300. The van der Waals surface area contributed by atoms with Gasteiger partial charge in [0.25, 0.3) is 0 Å². The third kappa shape index (κ3) is 3.95. The second kappa shape index (κ2) is 5.19. The fourth-order valence-electron chi connectivity index (χ4n) is 1.14. The van der Waals surface area contributed by atoms with Crippen LogP contribution in [0.3, 0.4) is 0 Å². The second-order valence-corrected chi connectivity index (χ2v) is 4.34. The molecule has 4 heteroatoms. The molecule has 3 N–H and O–H groups in total. The summed E-state index contributed by atoms with van der Waals surface area (Å²) in [6.07, 6.45) is 0.805. The maximum Gasteiger partial charge on any atom is 0.116 e. The summed E-state index contributed by atoms with van der Waals surface area (Å²) in [4.78, 5) is 4.09. The molecule has 0 saturated heterocycles. The Morgan fingerprint density at radius 1 is 1.50 bits per heavy atom. The Bertz CT molecular complexity index is 326. The fourth-order valence-corrected chi connectivity index (χ4v) is 1.86. The topological polar surface area (TPSA) is 58.6 Å². The maximum atomic E-state index is 9.34. The van der Waals surface area contributed by atoms with E-state index in [0.29, 0.717) is 18.1 Å². The van der Waals surface area contributed by atoms with Gasteiger partial charge in [-0.1, -0.05) is 0 Å². The van der Waals surface area contributed by atoms with Gasteiger partial charge >= 0.3 is 0 Å². The number of nitrogens with zero attached hydrogens (tertiary/aromatic N) is 1. The van der Waals surface area contributed by atoms with Gasteiger partial charge in [0.2, 0.25) is 0 Å². The number of rotatable bonds is 3. The van der Waals surface area contributed by atoms with Crippen molar-refractivity contribution in [1.82, 2.24) is 0 Å². The molecule has 0 amide bonds. The number of phenols is 1. The summed E-state index contributed by atoms with van der Waals surface area (Å²) in [6.45, 7) is 2.44. The molecule has 1 aromatic rings. The molecule has 76 valence electrons. The Labute approximate surface area is 97.2 Å². The third-order valence-corrected chi connectivity index (χ3v) is 2.33. The predicted octanol–water partition coefficient (Wildman–Crippen LogP) is 1.92. The summed E-state index contributed by atoms with van der Waals surface area (Å²) in [5.74, 6) is 0.903. The summed E-state index contributed by atoms with van der Waals surface area (Å²) < 4.78 is 1.03. The lowest BCUT2D eigenvalue weighted by molar-refractivity contribution is 0.474. The van der Waals surface area contributed by atoms with Gasteiger partial charge in [0, 0.05) is 10.1 Å². The number of amidine groups is 1. The van der Waals surface area contributed by atoms with E-state index in [4.69, 9.17) is 5.73 Å². The average Bonchev–Trinajstić information content (AvgIpc) is 2.01. The molecule has 0 radical (unpaired) electrons. The molecule has 0 unspecified atom stereocenters. The van der Waals surface area contributed by atoms with Crippen LogP contribution in [0.25, 0.3) is 0 Å². The van der Waals surface area contributed by atoms with E-state index in [2.05, 4.69) is 27.6 Å². The molecule has 14 heavy (non-hydrogen) atoms. The summed E-state index contributed by atoms with van der Waals surface area (Å²) in [6, 6.07) is 5.51. The summed E-state index contributed by atoms with van der Waals surface area (Å²) >= 11 is 2.18. The van der Waals surface area contributed by atoms with Crippen molar-refractivity contribution in [2.45, 2.75) is 13.3 Å². The van der Waals surface area contributed by atoms with Crippen molar-refractivity contribution in [3.8, 4) is 5.75 Å². The third-order valence-electron chi connectivity index (χ3n) is 1.70. The molecular formula is C10H13IN2O. The SMILES string of the molecule is CC(N)=NCCc1cc(O)cc([131I])c1. The van der Waals surface area contributed by atoms with Gasteiger partial charge in [-0.2, -0.15) is 0 Å². The Balaban J connectivity index is 2.63. The number of aliphatic imine (C=N–C) groups is 1. The highest BCUT2D eigenvalue weighted by Gasteiger charge is 1.97. The largest absolute Gasteiger partial charge is 0.508 e. The van der Waals surface area contributed by atoms with Gasteiger partial charge in [-0.3, -0.25) is 4.99 Å². The lowest BCUT2D eigenvalue weighted by Crippen LogP contribution is -2.06. The molecule has 1 rings (SSSR count). The molecule has 0 aliphatic heterocycles. The van der Waals surface area contributed by atoms with Gasteiger partial charge in [0.15, 0.2) is 0 Å². The molecular weight excluding hydrogens is 295 g/mol. The number of halogens is 1. The number of hydrogen-bond acceptors (Lipinski definition) is 2. The van der Waals surface area contributed by atoms with Crippen LogP contribution in [0.5, 0.6) is 5.75 Å². The first-order valence-corrected chi connectivity index (χ1v) is 5.41. The van der Waals surface area contributed by atoms with Crippen LogP contribution in [0, 0.1) is 3.57 Å². The molecule has 0 saturated carbocycles. The van der Waals surface area contributed by atoms with Crippen LogP contribution in [-0.4, -0.2) is 17.5 Å². The van der Waals surface area contributed by atoms with E-state index in [9.17, 15) is 5.11 Å². The zero-order valence-corrected chi connectivity index (χ0v) is 10.2. The highest BCUT2D eigenvalue weighted by Crippen LogP contribution is 2.17. The maximum absolute atomic E-state index is 9.34. The lowest BCUT2D eigenvalue weighted by atomic mass is 10.1. The van der Waals surface area contributed by atoms with Crippen LogP contribution in [0.2, 0.25) is 0 Å². The zero-order chi connectivity index (χ0) is 10.6. The normalized spacial score (nSPS) is 11.7. The molecule has 1 aromatic carbocycles. The van der Waals surface area contributed by atoms with Crippen molar-refractivity contribution in [2.75, 3.05) is 6.54 Å². The van der Waals surface area contributed by atoms with Gasteiger partial charge in [-0.05, 0) is 59.7 Å². The molecule has 0 aliphatic rings. The van der Waals surface area contributed by atoms with Crippen LogP contribution in [0.15, 0.2) is 23.2 Å². The van der Waals surface area contributed by atoms with Crippen LogP contribution < -0.4 is 5.73 Å². The van der Waals surface area contributed by atoms with Crippen molar-refractivity contribution >= 4 is 28.4 Å². The number of nitrogens with two attached hydrogens (primary N) is 1. The van der Waals surface area contributed by atoms with Crippen molar-refractivity contribution in [3.63, 3.8) is 0 Å². The number of hydrogen-bond donors (Lipinski definition) is 2. The minimum atomic E-state index is 0.306. The minimum absolute atomic E-state index is 0.306. The zero-order valence-electron chi connectivity index (χ0n) is 8.00. The van der Waals surface area contributed by atoms with Crippen molar-refractivity contribution in [1.29, 1.82) is 0 Å². The molecule has 0 aromatic heterocycles. The Morgan fingerprint density at radius 2 is 2.21 bits per heavy atom. The lowest BCUT2D eigenvalue weighted by Gasteiger charge is -2.01. The van der Waals surface area contributed by atoms with E-state index in [1.165, 1.54) is 0 Å². The van der Waals surface area contributed by atoms with E-state index in [-0.39, 0.29) is 0 Å². The molecule has 0 heterocycles. The molecule has 3 nitrogen and oxygen atoms in total.